The van der Waals surface area contributed by atoms with Crippen LogP contribution in [0.15, 0.2) is 18.2 Å². The Bertz CT molecular complexity index is 708. The average Bonchev–Trinajstić information content (AvgIpc) is 2.86. The number of benzene rings is 1. The minimum Gasteiger partial charge on any atom is -0.450 e. The molecule has 0 spiro atoms. The van der Waals surface area contributed by atoms with E-state index in [4.69, 9.17) is 16.3 Å². The molecule has 126 valence electrons. The Hall–Kier alpha value is -2.26. The molecule has 1 unspecified atom stereocenters. The highest BCUT2D eigenvalue weighted by molar-refractivity contribution is 6.30. The number of likely N-dealkylation sites (tertiary alicyclic amines) is 1. The smallest absolute Gasteiger partial charge is 0.409 e. The van der Waals surface area contributed by atoms with Gasteiger partial charge in [0.1, 0.15) is 6.04 Å². The lowest BCUT2D eigenvalue weighted by Crippen LogP contribution is -2.47. The second-order valence-electron chi connectivity index (χ2n) is 5.89. The summed E-state index contributed by atoms with van der Waals surface area (Å²) in [6.07, 6.45) is 0.935. The van der Waals surface area contributed by atoms with E-state index in [1.54, 1.807) is 34.9 Å². The molecule has 7 heteroatoms. The summed E-state index contributed by atoms with van der Waals surface area (Å²) in [5.74, 6) is -0.136. The lowest BCUT2D eigenvalue weighted by atomic mass is 10.0. The van der Waals surface area contributed by atoms with Crippen molar-refractivity contribution in [2.24, 2.45) is 0 Å². The molecule has 0 aromatic heterocycles. The van der Waals surface area contributed by atoms with Crippen LogP contribution in [0.4, 0.5) is 4.79 Å². The molecule has 24 heavy (non-hydrogen) atoms. The zero-order valence-corrected chi connectivity index (χ0v) is 14.1. The first-order valence-electron chi connectivity index (χ1n) is 8.00. The number of nitriles is 1. The number of piperidine rings is 1. The lowest BCUT2D eigenvalue weighted by molar-refractivity contribution is 0.0522. The van der Waals surface area contributed by atoms with Crippen LogP contribution in [-0.4, -0.2) is 47.5 Å². The van der Waals surface area contributed by atoms with Crippen molar-refractivity contribution in [2.45, 2.75) is 31.8 Å². The number of rotatable bonds is 2. The van der Waals surface area contributed by atoms with Crippen LogP contribution in [0.2, 0.25) is 5.02 Å². The van der Waals surface area contributed by atoms with Crippen molar-refractivity contribution in [3.05, 3.63) is 34.3 Å². The SMILES string of the molecule is CCOC(=O)N1CCC(N2C(=O)c3ccc(Cl)cc3C2C#N)CC1. The van der Waals surface area contributed by atoms with Gasteiger partial charge in [0, 0.05) is 35.3 Å². The van der Waals surface area contributed by atoms with Crippen LogP contribution in [0.5, 0.6) is 0 Å². The minimum absolute atomic E-state index is 0.0704. The van der Waals surface area contributed by atoms with E-state index in [2.05, 4.69) is 6.07 Å². The van der Waals surface area contributed by atoms with Crippen LogP contribution in [0.3, 0.4) is 0 Å². The molecule has 0 bridgehead atoms. The van der Waals surface area contributed by atoms with Crippen LogP contribution in [0.1, 0.15) is 41.7 Å². The molecule has 6 nitrogen and oxygen atoms in total. The van der Waals surface area contributed by atoms with Gasteiger partial charge in [-0.2, -0.15) is 5.26 Å². The Balaban J connectivity index is 1.76. The first kappa shape index (κ1) is 16.6. The van der Waals surface area contributed by atoms with E-state index in [1.807, 2.05) is 0 Å². The van der Waals surface area contributed by atoms with Gasteiger partial charge in [0.25, 0.3) is 5.91 Å². The van der Waals surface area contributed by atoms with Crippen molar-refractivity contribution in [1.29, 1.82) is 5.26 Å². The largest absolute Gasteiger partial charge is 0.450 e. The molecule has 2 heterocycles. The quantitative estimate of drug-likeness (QED) is 0.824. The van der Waals surface area contributed by atoms with Crippen molar-refractivity contribution in [2.75, 3.05) is 19.7 Å². The molecule has 1 aromatic carbocycles. The lowest BCUT2D eigenvalue weighted by Gasteiger charge is -2.37. The summed E-state index contributed by atoms with van der Waals surface area (Å²) >= 11 is 6.01. The molecule has 0 saturated carbocycles. The van der Waals surface area contributed by atoms with E-state index in [-0.39, 0.29) is 18.0 Å². The van der Waals surface area contributed by atoms with Crippen molar-refractivity contribution in [3.8, 4) is 6.07 Å². The molecule has 0 radical (unpaired) electrons. The maximum absolute atomic E-state index is 12.7. The number of amides is 2. The van der Waals surface area contributed by atoms with Gasteiger partial charge in [0.15, 0.2) is 0 Å². The second kappa shape index (κ2) is 6.70. The van der Waals surface area contributed by atoms with E-state index in [9.17, 15) is 14.9 Å². The number of carbonyl (C=O) groups excluding carboxylic acids is 2. The van der Waals surface area contributed by atoms with E-state index < -0.39 is 6.04 Å². The van der Waals surface area contributed by atoms with Gasteiger partial charge >= 0.3 is 6.09 Å². The number of fused-ring (bicyclic) bond motifs is 1. The monoisotopic (exact) mass is 347 g/mol. The normalized spacial score (nSPS) is 20.7. The van der Waals surface area contributed by atoms with Gasteiger partial charge in [-0.25, -0.2) is 4.79 Å². The van der Waals surface area contributed by atoms with Crippen molar-refractivity contribution >= 4 is 23.6 Å². The third-order valence-corrected chi connectivity index (χ3v) is 4.79. The molecule has 1 atom stereocenters. The topological polar surface area (TPSA) is 73.6 Å². The number of ether oxygens (including phenoxy) is 1. The molecule has 1 fully saturated rings. The molecule has 2 aliphatic rings. The summed E-state index contributed by atoms with van der Waals surface area (Å²) in [7, 11) is 0. The molecule has 1 saturated heterocycles. The van der Waals surface area contributed by atoms with Gasteiger partial charge in [0.05, 0.1) is 12.7 Å². The highest BCUT2D eigenvalue weighted by atomic mass is 35.5. The fourth-order valence-electron chi connectivity index (χ4n) is 3.41. The first-order chi connectivity index (χ1) is 11.6. The number of nitrogens with zero attached hydrogens (tertiary/aromatic N) is 3. The molecule has 0 N–H and O–H groups in total. The first-order valence-corrected chi connectivity index (χ1v) is 8.38. The predicted molar refractivity (Wildman–Crippen MR) is 87.6 cm³/mol. The van der Waals surface area contributed by atoms with Crippen LogP contribution >= 0.6 is 11.6 Å². The van der Waals surface area contributed by atoms with Crippen molar-refractivity contribution < 1.29 is 14.3 Å². The maximum Gasteiger partial charge on any atom is 0.409 e. The van der Waals surface area contributed by atoms with Crippen molar-refractivity contribution in [3.63, 3.8) is 0 Å². The van der Waals surface area contributed by atoms with Gasteiger partial charge in [-0.3, -0.25) is 4.79 Å². The Morgan fingerprint density at radius 1 is 1.42 bits per heavy atom. The van der Waals surface area contributed by atoms with E-state index in [1.165, 1.54) is 0 Å². The number of hydrogen-bond acceptors (Lipinski definition) is 4. The Morgan fingerprint density at radius 2 is 2.12 bits per heavy atom. The summed E-state index contributed by atoms with van der Waals surface area (Å²) in [6.45, 7) is 3.15. The zero-order valence-electron chi connectivity index (χ0n) is 13.4. The predicted octanol–water partition coefficient (Wildman–Crippen LogP) is 2.98. The van der Waals surface area contributed by atoms with Crippen LogP contribution < -0.4 is 0 Å². The van der Waals surface area contributed by atoms with Crippen LogP contribution in [-0.2, 0) is 4.74 Å². The summed E-state index contributed by atoms with van der Waals surface area (Å²) in [5, 5.41) is 10.1. The van der Waals surface area contributed by atoms with Gasteiger partial charge in [-0.05, 0) is 38.0 Å². The van der Waals surface area contributed by atoms with Gasteiger partial charge in [-0.1, -0.05) is 11.6 Å². The van der Waals surface area contributed by atoms with E-state index in [0.29, 0.717) is 48.7 Å². The third-order valence-electron chi connectivity index (χ3n) is 4.56. The highest BCUT2D eigenvalue weighted by Gasteiger charge is 2.42. The number of carbonyl (C=O) groups is 2. The Labute approximate surface area is 145 Å². The van der Waals surface area contributed by atoms with Gasteiger partial charge in [-0.15, -0.1) is 0 Å². The van der Waals surface area contributed by atoms with E-state index in [0.717, 1.165) is 0 Å². The molecule has 1 aromatic rings. The minimum atomic E-state index is -0.620. The molecule has 2 aliphatic heterocycles. The molecular weight excluding hydrogens is 330 g/mol. The third kappa shape index (κ3) is 2.80. The summed E-state index contributed by atoms with van der Waals surface area (Å²) < 4.78 is 5.01. The van der Waals surface area contributed by atoms with Crippen LogP contribution in [0.25, 0.3) is 0 Å². The second-order valence-corrected chi connectivity index (χ2v) is 6.33. The van der Waals surface area contributed by atoms with E-state index >= 15 is 0 Å². The number of halogens is 1. The Morgan fingerprint density at radius 3 is 2.75 bits per heavy atom. The summed E-state index contributed by atoms with van der Waals surface area (Å²) in [6, 6.07) is 6.57. The number of hydrogen-bond donors (Lipinski definition) is 0. The Kier molecular flexibility index (Phi) is 4.63. The fraction of sp³-hybridized carbons (Fsp3) is 0.471. The fourth-order valence-corrected chi connectivity index (χ4v) is 3.59. The van der Waals surface area contributed by atoms with Gasteiger partial charge in [0.2, 0.25) is 0 Å². The molecule has 2 amide bonds. The zero-order chi connectivity index (χ0) is 17.3. The molecule has 0 aliphatic carbocycles. The molecular formula is C17H18ClN3O3. The highest BCUT2D eigenvalue weighted by Crippen LogP contribution is 2.38. The standard InChI is InChI=1S/C17H18ClN3O3/c1-2-24-17(23)20-7-5-12(6-8-20)21-15(10-19)14-9-11(18)3-4-13(14)16(21)22/h3-4,9,12,15H,2,5-8H2,1H3. The average molecular weight is 348 g/mol. The van der Waals surface area contributed by atoms with Crippen LogP contribution in [0, 0.1) is 11.3 Å². The van der Waals surface area contributed by atoms with Gasteiger partial charge < -0.3 is 14.5 Å². The summed E-state index contributed by atoms with van der Waals surface area (Å²) in [5.41, 5.74) is 1.21. The maximum atomic E-state index is 12.7. The summed E-state index contributed by atoms with van der Waals surface area (Å²) in [4.78, 5) is 27.8. The molecule has 3 rings (SSSR count). The van der Waals surface area contributed by atoms with Crippen molar-refractivity contribution in [1.82, 2.24) is 9.80 Å².